The number of nitrogens with one attached hydrogen (secondary N) is 1. The lowest BCUT2D eigenvalue weighted by molar-refractivity contribution is -0.384. The molecule has 4 rings (SSSR count). The molecule has 0 spiro atoms. The van der Waals surface area contributed by atoms with Crippen LogP contribution in [0.3, 0.4) is 0 Å². The Bertz CT molecular complexity index is 1030. The largest absolute Gasteiger partial charge is 0.273 e. The number of non-ortho nitro benzene ring substituents is 1. The van der Waals surface area contributed by atoms with Crippen LogP contribution in [0.25, 0.3) is 0 Å². The summed E-state index contributed by atoms with van der Waals surface area (Å²) in [6.45, 7) is 0. The molecule has 1 amide bonds. The van der Waals surface area contributed by atoms with Crippen molar-refractivity contribution in [1.29, 1.82) is 0 Å². The molecule has 1 fully saturated rings. The Balaban J connectivity index is 1.52. The number of carbonyl (C=O) groups is 1. The van der Waals surface area contributed by atoms with Crippen LogP contribution in [0.4, 0.5) is 5.69 Å². The van der Waals surface area contributed by atoms with Crippen molar-refractivity contribution in [3.05, 3.63) is 112 Å². The maximum atomic E-state index is 12.8. The Morgan fingerprint density at radius 2 is 1.62 bits per heavy atom. The minimum absolute atomic E-state index is 0.0189. The van der Waals surface area contributed by atoms with Crippen LogP contribution in [0.15, 0.2) is 90.0 Å². The van der Waals surface area contributed by atoms with Gasteiger partial charge in [-0.3, -0.25) is 14.9 Å². The van der Waals surface area contributed by atoms with Crippen LogP contribution in [-0.4, -0.2) is 17.0 Å². The molecule has 3 aromatic carbocycles. The molecular formula is C23H19N3O3. The summed E-state index contributed by atoms with van der Waals surface area (Å²) in [6, 6.07) is 26.1. The van der Waals surface area contributed by atoms with E-state index in [0.717, 1.165) is 11.1 Å². The average molecular weight is 385 g/mol. The molecule has 1 aliphatic rings. The van der Waals surface area contributed by atoms with Crippen molar-refractivity contribution in [2.24, 2.45) is 11.0 Å². The van der Waals surface area contributed by atoms with Crippen LogP contribution in [0.2, 0.25) is 0 Å². The second kappa shape index (κ2) is 7.67. The Morgan fingerprint density at radius 1 is 1.00 bits per heavy atom. The van der Waals surface area contributed by atoms with Crippen molar-refractivity contribution in [1.82, 2.24) is 5.43 Å². The molecule has 1 unspecified atom stereocenters. The lowest BCUT2D eigenvalue weighted by Gasteiger charge is -2.18. The molecule has 0 bridgehead atoms. The summed E-state index contributed by atoms with van der Waals surface area (Å²) in [7, 11) is 0. The van der Waals surface area contributed by atoms with Crippen LogP contribution >= 0.6 is 0 Å². The van der Waals surface area contributed by atoms with Gasteiger partial charge in [-0.05, 0) is 17.5 Å². The Hall–Kier alpha value is -3.80. The van der Waals surface area contributed by atoms with E-state index >= 15 is 0 Å². The van der Waals surface area contributed by atoms with Gasteiger partial charge < -0.3 is 0 Å². The zero-order valence-corrected chi connectivity index (χ0v) is 15.6. The number of benzene rings is 3. The monoisotopic (exact) mass is 385 g/mol. The second-order valence-electron chi connectivity index (χ2n) is 7.05. The fraction of sp³-hybridized carbons (Fsp3) is 0.130. The highest BCUT2D eigenvalue weighted by molar-refractivity contribution is 5.88. The van der Waals surface area contributed by atoms with Gasteiger partial charge in [0, 0.05) is 23.1 Å². The average Bonchev–Trinajstić information content (AvgIpc) is 3.52. The third kappa shape index (κ3) is 3.65. The first-order valence-electron chi connectivity index (χ1n) is 9.30. The van der Waals surface area contributed by atoms with E-state index in [1.165, 1.54) is 18.3 Å². The highest BCUT2D eigenvalue weighted by Gasteiger charge is 2.60. The number of carbonyl (C=O) groups excluding carboxylic acids is 1. The van der Waals surface area contributed by atoms with E-state index < -0.39 is 4.92 Å². The number of amides is 1. The van der Waals surface area contributed by atoms with E-state index in [2.05, 4.69) is 10.5 Å². The molecule has 3 aromatic rings. The molecule has 1 atom stereocenters. The van der Waals surface area contributed by atoms with Crippen LogP contribution in [0.5, 0.6) is 0 Å². The number of hydrogen-bond donors (Lipinski definition) is 1. The Labute approximate surface area is 168 Å². The molecule has 1 saturated carbocycles. The summed E-state index contributed by atoms with van der Waals surface area (Å²) in [5, 5.41) is 14.9. The third-order valence-electron chi connectivity index (χ3n) is 5.32. The number of rotatable bonds is 6. The van der Waals surface area contributed by atoms with Crippen LogP contribution in [-0.2, 0) is 10.2 Å². The lowest BCUT2D eigenvalue weighted by Crippen LogP contribution is -2.25. The second-order valence-corrected chi connectivity index (χ2v) is 7.05. The van der Waals surface area contributed by atoms with Crippen molar-refractivity contribution >= 4 is 17.8 Å². The Kier molecular flexibility index (Phi) is 4.91. The number of hydrogen-bond acceptors (Lipinski definition) is 4. The van der Waals surface area contributed by atoms with E-state index in [1.54, 1.807) is 12.1 Å². The smallest absolute Gasteiger partial charge is 0.270 e. The summed E-state index contributed by atoms with van der Waals surface area (Å²) >= 11 is 0. The fourth-order valence-corrected chi connectivity index (χ4v) is 3.82. The molecule has 0 aromatic heterocycles. The van der Waals surface area contributed by atoms with Crippen molar-refractivity contribution in [3.63, 3.8) is 0 Å². The summed E-state index contributed by atoms with van der Waals surface area (Å²) in [6.07, 6.45) is 2.12. The highest BCUT2D eigenvalue weighted by atomic mass is 16.6. The topological polar surface area (TPSA) is 84.6 Å². The van der Waals surface area contributed by atoms with Crippen LogP contribution in [0, 0.1) is 16.0 Å². The molecule has 6 nitrogen and oxygen atoms in total. The molecule has 1 aliphatic carbocycles. The van der Waals surface area contributed by atoms with Gasteiger partial charge in [0.25, 0.3) is 5.69 Å². The molecular weight excluding hydrogens is 366 g/mol. The SMILES string of the molecule is O=C(N/N=C/c1cccc([N+](=O)[O-])c1)C1CC1(c1ccccc1)c1ccccc1. The first-order chi connectivity index (χ1) is 14.1. The first-order valence-corrected chi connectivity index (χ1v) is 9.30. The lowest BCUT2D eigenvalue weighted by atomic mass is 9.85. The predicted molar refractivity (Wildman–Crippen MR) is 111 cm³/mol. The van der Waals surface area contributed by atoms with Crippen LogP contribution < -0.4 is 5.43 Å². The van der Waals surface area contributed by atoms with Gasteiger partial charge in [0.2, 0.25) is 5.91 Å². The minimum Gasteiger partial charge on any atom is -0.273 e. The molecule has 6 heteroatoms. The zero-order chi connectivity index (χ0) is 20.3. The summed E-state index contributed by atoms with van der Waals surface area (Å²) in [5.74, 6) is -0.394. The fourth-order valence-electron chi connectivity index (χ4n) is 3.82. The molecule has 0 heterocycles. The van der Waals surface area contributed by atoms with Gasteiger partial charge in [-0.15, -0.1) is 0 Å². The quantitative estimate of drug-likeness (QED) is 0.395. The molecule has 1 N–H and O–H groups in total. The van der Waals surface area contributed by atoms with Gasteiger partial charge in [0.15, 0.2) is 0 Å². The van der Waals surface area contributed by atoms with Gasteiger partial charge >= 0.3 is 0 Å². The first kappa shape index (κ1) is 18.6. The van der Waals surface area contributed by atoms with Gasteiger partial charge in [-0.1, -0.05) is 72.8 Å². The van der Waals surface area contributed by atoms with Gasteiger partial charge in [0.05, 0.1) is 17.1 Å². The van der Waals surface area contributed by atoms with E-state index in [9.17, 15) is 14.9 Å². The highest BCUT2D eigenvalue weighted by Crippen LogP contribution is 2.58. The summed E-state index contributed by atoms with van der Waals surface area (Å²) in [5.41, 5.74) is 4.98. The predicted octanol–water partition coefficient (Wildman–Crippen LogP) is 4.05. The maximum absolute atomic E-state index is 12.8. The molecule has 0 saturated heterocycles. The standard InChI is InChI=1S/C23H19N3O3/c27-22(25-24-16-17-8-7-13-20(14-17)26(28)29)21-15-23(21,18-9-3-1-4-10-18)19-11-5-2-6-12-19/h1-14,16,21H,15H2,(H,25,27)/b24-16+. The minimum atomic E-state index is -0.464. The zero-order valence-electron chi connectivity index (χ0n) is 15.6. The third-order valence-corrected chi connectivity index (χ3v) is 5.32. The number of nitrogens with zero attached hydrogens (tertiary/aromatic N) is 2. The number of nitro benzene ring substituents is 1. The van der Waals surface area contributed by atoms with Gasteiger partial charge in [0.1, 0.15) is 0 Å². The molecule has 144 valence electrons. The van der Waals surface area contributed by atoms with Crippen molar-refractivity contribution in [2.45, 2.75) is 11.8 Å². The number of hydrazone groups is 1. The summed E-state index contributed by atoms with van der Waals surface area (Å²) in [4.78, 5) is 23.2. The number of nitro groups is 1. The van der Waals surface area contributed by atoms with E-state index in [4.69, 9.17) is 0 Å². The van der Waals surface area contributed by atoms with Crippen LogP contribution in [0.1, 0.15) is 23.1 Å². The van der Waals surface area contributed by atoms with Gasteiger partial charge in [-0.2, -0.15) is 5.10 Å². The van der Waals surface area contributed by atoms with Crippen molar-refractivity contribution in [2.75, 3.05) is 0 Å². The van der Waals surface area contributed by atoms with Crippen molar-refractivity contribution < 1.29 is 9.72 Å². The molecule has 0 aliphatic heterocycles. The van der Waals surface area contributed by atoms with Crippen molar-refractivity contribution in [3.8, 4) is 0 Å². The summed E-state index contributed by atoms with van der Waals surface area (Å²) < 4.78 is 0. The Morgan fingerprint density at radius 3 is 2.21 bits per heavy atom. The van der Waals surface area contributed by atoms with E-state index in [-0.39, 0.29) is 22.9 Å². The van der Waals surface area contributed by atoms with Gasteiger partial charge in [-0.25, -0.2) is 5.43 Å². The van der Waals surface area contributed by atoms with E-state index in [1.807, 2.05) is 60.7 Å². The molecule has 0 radical (unpaired) electrons. The van der Waals surface area contributed by atoms with E-state index in [0.29, 0.717) is 12.0 Å². The molecule has 29 heavy (non-hydrogen) atoms. The maximum Gasteiger partial charge on any atom is 0.270 e. The normalized spacial score (nSPS) is 17.0.